The number of fused-ring (bicyclic) bond motifs is 1. The Balaban J connectivity index is 1.72. The van der Waals surface area contributed by atoms with Crippen LogP contribution in [0.25, 0.3) is 0 Å². The van der Waals surface area contributed by atoms with Crippen molar-refractivity contribution in [3.8, 4) is 0 Å². The Morgan fingerprint density at radius 3 is 2.44 bits per heavy atom. The van der Waals surface area contributed by atoms with E-state index >= 15 is 0 Å². The Morgan fingerprint density at radius 1 is 1.15 bits per heavy atom. The first-order valence-corrected chi connectivity index (χ1v) is 8.92. The van der Waals surface area contributed by atoms with Gasteiger partial charge in [0.05, 0.1) is 6.61 Å². The van der Waals surface area contributed by atoms with Crippen LogP contribution in [0.2, 0.25) is 0 Å². The zero-order valence-corrected chi connectivity index (χ0v) is 15.6. The molecule has 1 unspecified atom stereocenters. The number of hydrogen-bond donors (Lipinski definition) is 1. The summed E-state index contributed by atoms with van der Waals surface area (Å²) in [5, 5.41) is 9.28. The second kappa shape index (κ2) is 8.22. The van der Waals surface area contributed by atoms with Gasteiger partial charge in [-0.2, -0.15) is 0 Å². The molecule has 1 N–H and O–H groups in total. The zero-order chi connectivity index (χ0) is 19.4. The molecule has 0 aromatic heterocycles. The number of likely N-dealkylation sites (N-methyl/N-ethyl adjacent to an activating group) is 1. The van der Waals surface area contributed by atoms with Crippen LogP contribution in [-0.2, 0) is 22.5 Å². The molecule has 3 rings (SSSR count). The number of carboxylic acids is 1. The molecular weight excluding hydrogens is 344 g/mol. The molecule has 0 fully saturated rings. The van der Waals surface area contributed by atoms with Crippen LogP contribution >= 0.6 is 0 Å². The lowest BCUT2D eigenvalue weighted by molar-refractivity contribution is -0.143. The summed E-state index contributed by atoms with van der Waals surface area (Å²) >= 11 is 0. The van der Waals surface area contributed by atoms with Crippen molar-refractivity contribution in [1.29, 1.82) is 0 Å². The Bertz CT molecular complexity index is 819. The van der Waals surface area contributed by atoms with Crippen LogP contribution < -0.4 is 4.90 Å². The van der Waals surface area contributed by atoms with E-state index in [1.165, 1.54) is 30.2 Å². The molecule has 1 aliphatic heterocycles. The van der Waals surface area contributed by atoms with E-state index in [1.807, 2.05) is 12.1 Å². The van der Waals surface area contributed by atoms with Crippen LogP contribution in [0.15, 0.2) is 48.5 Å². The van der Waals surface area contributed by atoms with E-state index in [9.17, 15) is 14.7 Å². The van der Waals surface area contributed by atoms with E-state index in [0.29, 0.717) is 5.56 Å². The third-order valence-corrected chi connectivity index (χ3v) is 5.01. The predicted molar refractivity (Wildman–Crippen MR) is 103 cm³/mol. The molecule has 0 saturated carbocycles. The van der Waals surface area contributed by atoms with Crippen molar-refractivity contribution < 1.29 is 19.4 Å². The molecule has 1 atom stereocenters. The van der Waals surface area contributed by atoms with E-state index in [1.54, 1.807) is 12.1 Å². The van der Waals surface area contributed by atoms with Crippen molar-refractivity contribution in [2.75, 3.05) is 32.2 Å². The third-order valence-electron chi connectivity index (χ3n) is 5.01. The minimum Gasteiger partial charge on any atom is -0.480 e. The molecule has 2 aromatic rings. The first-order valence-electron chi connectivity index (χ1n) is 8.92. The van der Waals surface area contributed by atoms with Gasteiger partial charge in [-0.05, 0) is 41.8 Å². The van der Waals surface area contributed by atoms with E-state index in [2.05, 4.69) is 29.2 Å². The fourth-order valence-electron chi connectivity index (χ4n) is 3.38. The third kappa shape index (κ3) is 4.11. The van der Waals surface area contributed by atoms with Crippen molar-refractivity contribution in [1.82, 2.24) is 4.90 Å². The second-order valence-electron chi connectivity index (χ2n) is 6.71. The minimum absolute atomic E-state index is 0.0527. The highest BCUT2D eigenvalue weighted by atomic mass is 16.5. The van der Waals surface area contributed by atoms with Crippen LogP contribution in [0.4, 0.5) is 5.69 Å². The summed E-state index contributed by atoms with van der Waals surface area (Å²) in [6.07, 6.45) is 0.997. The van der Waals surface area contributed by atoms with Gasteiger partial charge in [-0.3, -0.25) is 4.79 Å². The molecule has 27 heavy (non-hydrogen) atoms. The van der Waals surface area contributed by atoms with Gasteiger partial charge >= 0.3 is 5.97 Å². The number of methoxy groups -OCH3 is 1. The second-order valence-corrected chi connectivity index (χ2v) is 6.71. The number of hydrogen-bond acceptors (Lipinski definition) is 4. The maximum Gasteiger partial charge on any atom is 0.328 e. The van der Waals surface area contributed by atoms with E-state index in [0.717, 1.165) is 25.2 Å². The highest BCUT2D eigenvalue weighted by molar-refractivity contribution is 5.96. The SMILES string of the molecule is COCC(C(=O)O)N(C)C(=O)c1ccc(N2CCc3ccccc3C2)cc1. The van der Waals surface area contributed by atoms with Crippen LogP contribution in [0, 0.1) is 0 Å². The lowest BCUT2D eigenvalue weighted by Gasteiger charge is -2.31. The Kier molecular flexibility index (Phi) is 5.76. The van der Waals surface area contributed by atoms with Crippen molar-refractivity contribution in [3.63, 3.8) is 0 Å². The molecule has 142 valence electrons. The molecule has 0 bridgehead atoms. The summed E-state index contributed by atoms with van der Waals surface area (Å²) in [5.74, 6) is -1.42. The molecule has 1 heterocycles. The first kappa shape index (κ1) is 18.9. The summed E-state index contributed by atoms with van der Waals surface area (Å²) in [6, 6.07) is 14.8. The van der Waals surface area contributed by atoms with Gasteiger partial charge < -0.3 is 19.6 Å². The zero-order valence-electron chi connectivity index (χ0n) is 15.6. The molecule has 0 radical (unpaired) electrons. The van der Waals surface area contributed by atoms with Crippen LogP contribution in [0.3, 0.4) is 0 Å². The maximum absolute atomic E-state index is 12.6. The standard InChI is InChI=1S/C21H24N2O4/c1-22(19(14-27-2)21(25)26)20(24)16-7-9-18(10-8-16)23-12-11-15-5-3-4-6-17(15)13-23/h3-10,19H,11-14H2,1-2H3,(H,25,26). The van der Waals surface area contributed by atoms with Gasteiger partial charge in [0, 0.05) is 38.5 Å². The predicted octanol–water partition coefficient (Wildman–Crippen LogP) is 2.42. The number of ether oxygens (including phenoxy) is 1. The number of nitrogens with zero attached hydrogens (tertiary/aromatic N) is 2. The average molecular weight is 368 g/mol. The maximum atomic E-state index is 12.6. The van der Waals surface area contributed by atoms with Crippen molar-refractivity contribution in [3.05, 3.63) is 65.2 Å². The van der Waals surface area contributed by atoms with Crippen LogP contribution in [0.1, 0.15) is 21.5 Å². The summed E-state index contributed by atoms with van der Waals surface area (Å²) in [4.78, 5) is 27.4. The Labute approximate surface area is 159 Å². The van der Waals surface area contributed by atoms with E-state index < -0.39 is 12.0 Å². The minimum atomic E-state index is -1.09. The molecule has 1 aliphatic rings. The molecule has 0 aliphatic carbocycles. The summed E-state index contributed by atoms with van der Waals surface area (Å²) in [7, 11) is 2.90. The summed E-state index contributed by atoms with van der Waals surface area (Å²) in [6.45, 7) is 1.72. The van der Waals surface area contributed by atoms with E-state index in [-0.39, 0.29) is 12.5 Å². The highest BCUT2D eigenvalue weighted by Gasteiger charge is 2.27. The molecular formula is C21H24N2O4. The topological polar surface area (TPSA) is 70.1 Å². The fourth-order valence-corrected chi connectivity index (χ4v) is 3.38. The van der Waals surface area contributed by atoms with Gasteiger partial charge in [0.2, 0.25) is 0 Å². The normalized spacial score (nSPS) is 14.4. The van der Waals surface area contributed by atoms with Gasteiger partial charge in [-0.25, -0.2) is 4.79 Å². The molecule has 6 heteroatoms. The Morgan fingerprint density at radius 2 is 1.81 bits per heavy atom. The lowest BCUT2D eigenvalue weighted by atomic mass is 9.99. The molecule has 1 amide bonds. The molecule has 0 saturated heterocycles. The highest BCUT2D eigenvalue weighted by Crippen LogP contribution is 2.25. The number of benzene rings is 2. The molecule has 2 aromatic carbocycles. The Hall–Kier alpha value is -2.86. The smallest absolute Gasteiger partial charge is 0.328 e. The fraction of sp³-hybridized carbons (Fsp3) is 0.333. The number of amides is 1. The molecule has 0 spiro atoms. The number of carboxylic acid groups (broad SMARTS) is 1. The molecule has 6 nitrogen and oxygen atoms in total. The quantitative estimate of drug-likeness (QED) is 0.848. The van der Waals surface area contributed by atoms with Crippen molar-refractivity contribution in [2.45, 2.75) is 19.0 Å². The number of rotatable bonds is 6. The van der Waals surface area contributed by atoms with Gasteiger partial charge in [0.25, 0.3) is 5.91 Å². The monoisotopic (exact) mass is 368 g/mol. The van der Waals surface area contributed by atoms with E-state index in [4.69, 9.17) is 4.74 Å². The van der Waals surface area contributed by atoms with Gasteiger partial charge in [-0.15, -0.1) is 0 Å². The number of aliphatic carboxylic acids is 1. The summed E-state index contributed by atoms with van der Waals surface area (Å²) in [5.41, 5.74) is 4.23. The van der Waals surface area contributed by atoms with Gasteiger partial charge in [0.15, 0.2) is 6.04 Å². The number of anilines is 1. The van der Waals surface area contributed by atoms with Crippen LogP contribution in [-0.4, -0.2) is 55.2 Å². The van der Waals surface area contributed by atoms with Crippen molar-refractivity contribution in [2.24, 2.45) is 0 Å². The number of carbonyl (C=O) groups excluding carboxylic acids is 1. The van der Waals surface area contributed by atoms with Gasteiger partial charge in [-0.1, -0.05) is 24.3 Å². The first-order chi connectivity index (χ1) is 13.0. The van der Waals surface area contributed by atoms with Crippen molar-refractivity contribution >= 4 is 17.6 Å². The summed E-state index contributed by atoms with van der Waals surface area (Å²) < 4.78 is 4.92. The largest absolute Gasteiger partial charge is 0.480 e. The lowest BCUT2D eigenvalue weighted by Crippen LogP contribution is -2.45. The van der Waals surface area contributed by atoms with Gasteiger partial charge in [0.1, 0.15) is 0 Å². The average Bonchev–Trinajstić information content (AvgIpc) is 2.70. The van der Waals surface area contributed by atoms with Crippen LogP contribution in [0.5, 0.6) is 0 Å². The number of carbonyl (C=O) groups is 2.